The van der Waals surface area contributed by atoms with Crippen LogP contribution in [0.25, 0.3) is 0 Å². The van der Waals surface area contributed by atoms with Crippen molar-refractivity contribution in [1.29, 1.82) is 0 Å². The molecule has 1 aromatic rings. The van der Waals surface area contributed by atoms with Crippen LogP contribution in [0, 0.1) is 0 Å². The van der Waals surface area contributed by atoms with Crippen LogP contribution < -0.4 is 15.8 Å². The van der Waals surface area contributed by atoms with Gasteiger partial charge in [-0.25, -0.2) is 0 Å². The number of hydrazine groups is 1. The molecule has 7 heteroatoms. The number of nitrogens with zero attached hydrogens (tertiary/aromatic N) is 1. The lowest BCUT2D eigenvalue weighted by Gasteiger charge is -2.21. The van der Waals surface area contributed by atoms with Crippen LogP contribution >= 0.6 is 0 Å². The lowest BCUT2D eigenvalue weighted by atomic mass is 10.2. The number of rotatable bonds is 8. The number of esters is 1. The van der Waals surface area contributed by atoms with E-state index in [1.165, 1.54) is 0 Å². The average Bonchev–Trinajstić information content (AvgIpc) is 2.59. The predicted octanol–water partition coefficient (Wildman–Crippen LogP) is 1.64. The summed E-state index contributed by atoms with van der Waals surface area (Å²) in [5, 5.41) is 0. The molecule has 1 aromatic carbocycles. The minimum atomic E-state index is -0.590. The summed E-state index contributed by atoms with van der Waals surface area (Å²) in [4.78, 5) is 36.8. The van der Waals surface area contributed by atoms with Crippen LogP contribution in [0.15, 0.2) is 24.3 Å². The largest absolute Gasteiger partial charge is 0.455 e. The second-order valence-corrected chi connectivity index (χ2v) is 5.13. The van der Waals surface area contributed by atoms with Gasteiger partial charge in [-0.15, -0.1) is 0 Å². The van der Waals surface area contributed by atoms with E-state index < -0.39 is 24.4 Å². The Bertz CT molecular complexity index is 553. The lowest BCUT2D eigenvalue weighted by molar-refractivity contribution is -0.148. The molecule has 0 aliphatic rings. The highest BCUT2D eigenvalue weighted by atomic mass is 16.5. The first-order valence-electron chi connectivity index (χ1n) is 8.11. The lowest BCUT2D eigenvalue weighted by Crippen LogP contribution is -2.43. The van der Waals surface area contributed by atoms with Crippen LogP contribution in [-0.4, -0.2) is 37.5 Å². The van der Waals surface area contributed by atoms with Gasteiger partial charge in [0.25, 0.3) is 11.8 Å². The fourth-order valence-corrected chi connectivity index (χ4v) is 2.07. The molecule has 2 amide bonds. The fourth-order valence-electron chi connectivity index (χ4n) is 2.07. The van der Waals surface area contributed by atoms with Crippen LogP contribution in [0.5, 0.6) is 0 Å². The average molecular weight is 335 g/mol. The van der Waals surface area contributed by atoms with Gasteiger partial charge in [0.05, 0.1) is 0 Å². The van der Waals surface area contributed by atoms with E-state index in [-0.39, 0.29) is 6.42 Å². The zero-order chi connectivity index (χ0) is 17.9. The number of ether oxygens (including phenoxy) is 1. The Morgan fingerprint density at radius 1 is 1.00 bits per heavy atom. The Balaban J connectivity index is 2.45. The van der Waals surface area contributed by atoms with Gasteiger partial charge in [-0.3, -0.25) is 25.2 Å². The summed E-state index contributed by atoms with van der Waals surface area (Å²) in [6.07, 6.45) is 0.916. The van der Waals surface area contributed by atoms with Crippen LogP contribution in [0.4, 0.5) is 5.69 Å². The van der Waals surface area contributed by atoms with Gasteiger partial charge >= 0.3 is 5.97 Å². The smallest absolute Gasteiger partial charge is 0.306 e. The topological polar surface area (TPSA) is 87.7 Å². The minimum absolute atomic E-state index is 0.262. The second kappa shape index (κ2) is 10.3. The maximum absolute atomic E-state index is 12.0. The molecule has 2 N–H and O–H groups in total. The maximum Gasteiger partial charge on any atom is 0.306 e. The molecule has 0 heterocycles. The molecule has 132 valence electrons. The second-order valence-electron chi connectivity index (χ2n) is 5.13. The van der Waals surface area contributed by atoms with E-state index in [9.17, 15) is 14.4 Å². The van der Waals surface area contributed by atoms with Gasteiger partial charge in [0, 0.05) is 30.8 Å². The molecule has 0 aromatic heterocycles. The molecule has 0 aliphatic carbocycles. The zero-order valence-electron chi connectivity index (χ0n) is 14.4. The molecule has 0 unspecified atom stereocenters. The predicted molar refractivity (Wildman–Crippen MR) is 91.5 cm³/mol. The minimum Gasteiger partial charge on any atom is -0.455 e. The van der Waals surface area contributed by atoms with Crippen LogP contribution in [0.3, 0.4) is 0 Å². The van der Waals surface area contributed by atoms with E-state index in [1.54, 1.807) is 12.1 Å². The highest BCUT2D eigenvalue weighted by Gasteiger charge is 2.10. The molecule has 0 fully saturated rings. The monoisotopic (exact) mass is 335 g/mol. The third-order valence-electron chi connectivity index (χ3n) is 3.39. The first-order chi connectivity index (χ1) is 11.5. The Kier molecular flexibility index (Phi) is 8.32. The van der Waals surface area contributed by atoms with Gasteiger partial charge in [0.15, 0.2) is 6.61 Å². The summed E-state index contributed by atoms with van der Waals surface area (Å²) < 4.78 is 4.74. The number of hydrogen-bond donors (Lipinski definition) is 2. The molecule has 0 radical (unpaired) electrons. The van der Waals surface area contributed by atoms with Gasteiger partial charge < -0.3 is 9.64 Å². The van der Waals surface area contributed by atoms with Crippen molar-refractivity contribution < 1.29 is 19.1 Å². The number of carbonyl (C=O) groups excluding carboxylic acids is 3. The number of nitrogens with one attached hydrogen (secondary N) is 2. The summed E-state index contributed by atoms with van der Waals surface area (Å²) in [5.41, 5.74) is 5.96. The third-order valence-corrected chi connectivity index (χ3v) is 3.39. The van der Waals surface area contributed by atoms with Gasteiger partial charge in [0.2, 0.25) is 0 Å². The number of amides is 2. The number of hydrogen-bond acceptors (Lipinski definition) is 5. The molecule has 0 saturated heterocycles. The van der Waals surface area contributed by atoms with Gasteiger partial charge in [-0.1, -0.05) is 6.92 Å². The molecule has 0 spiro atoms. The fraction of sp³-hybridized carbons (Fsp3) is 0.471. The van der Waals surface area contributed by atoms with Crippen molar-refractivity contribution >= 4 is 23.5 Å². The van der Waals surface area contributed by atoms with Crippen molar-refractivity contribution in [3.63, 3.8) is 0 Å². The number of carbonyl (C=O) groups is 3. The van der Waals surface area contributed by atoms with Crippen molar-refractivity contribution in [2.24, 2.45) is 0 Å². The number of benzene rings is 1. The first-order valence-corrected chi connectivity index (χ1v) is 8.11. The normalized spacial score (nSPS) is 9.96. The molecular weight excluding hydrogens is 310 g/mol. The quantitative estimate of drug-likeness (QED) is 0.557. The molecule has 24 heavy (non-hydrogen) atoms. The number of anilines is 1. The van der Waals surface area contributed by atoms with E-state index in [0.717, 1.165) is 18.8 Å². The van der Waals surface area contributed by atoms with E-state index in [4.69, 9.17) is 4.74 Å². The van der Waals surface area contributed by atoms with Gasteiger partial charge in [-0.05, 0) is 44.5 Å². The highest BCUT2D eigenvalue weighted by molar-refractivity contribution is 5.95. The van der Waals surface area contributed by atoms with Gasteiger partial charge in [-0.2, -0.15) is 0 Å². The standard InChI is InChI=1S/C17H25N3O4/c1-4-7-16(22)24-12-15(21)18-19-17(23)13-8-10-14(11-9-13)20(5-2)6-3/h8-11H,4-7,12H2,1-3H3,(H,18,21)(H,19,23). The van der Waals surface area contributed by atoms with Crippen LogP contribution in [0.1, 0.15) is 44.0 Å². The van der Waals surface area contributed by atoms with E-state index in [1.807, 2.05) is 19.1 Å². The van der Waals surface area contributed by atoms with E-state index >= 15 is 0 Å². The third kappa shape index (κ3) is 6.28. The zero-order valence-corrected chi connectivity index (χ0v) is 14.4. The Labute approximate surface area is 142 Å². The SMILES string of the molecule is CCCC(=O)OCC(=O)NNC(=O)c1ccc(N(CC)CC)cc1. The van der Waals surface area contributed by atoms with Gasteiger partial charge in [0.1, 0.15) is 0 Å². The summed E-state index contributed by atoms with van der Waals surface area (Å²) in [6, 6.07) is 7.10. The van der Waals surface area contributed by atoms with E-state index in [0.29, 0.717) is 12.0 Å². The summed E-state index contributed by atoms with van der Waals surface area (Å²) in [5.74, 6) is -1.46. The summed E-state index contributed by atoms with van der Waals surface area (Å²) >= 11 is 0. The summed E-state index contributed by atoms with van der Waals surface area (Å²) in [6.45, 7) is 7.32. The maximum atomic E-state index is 12.0. The molecule has 7 nitrogen and oxygen atoms in total. The summed E-state index contributed by atoms with van der Waals surface area (Å²) in [7, 11) is 0. The van der Waals surface area contributed by atoms with Crippen LogP contribution in [-0.2, 0) is 14.3 Å². The van der Waals surface area contributed by atoms with Crippen molar-refractivity contribution in [2.45, 2.75) is 33.6 Å². The molecule has 0 atom stereocenters. The Morgan fingerprint density at radius 2 is 1.62 bits per heavy atom. The van der Waals surface area contributed by atoms with Crippen molar-refractivity contribution in [3.8, 4) is 0 Å². The van der Waals surface area contributed by atoms with Crippen molar-refractivity contribution in [3.05, 3.63) is 29.8 Å². The Morgan fingerprint density at radius 3 is 2.17 bits per heavy atom. The molecule has 0 aliphatic heterocycles. The molecule has 0 saturated carbocycles. The first kappa shape index (κ1) is 19.5. The molecular formula is C17H25N3O4. The Hall–Kier alpha value is -2.57. The van der Waals surface area contributed by atoms with E-state index in [2.05, 4.69) is 29.6 Å². The van der Waals surface area contributed by atoms with Crippen molar-refractivity contribution in [2.75, 3.05) is 24.6 Å². The van der Waals surface area contributed by atoms with Crippen molar-refractivity contribution in [1.82, 2.24) is 10.9 Å². The molecule has 1 rings (SSSR count). The molecule has 0 bridgehead atoms. The highest BCUT2D eigenvalue weighted by Crippen LogP contribution is 2.14. The van der Waals surface area contributed by atoms with Crippen LogP contribution in [0.2, 0.25) is 0 Å².